The summed E-state index contributed by atoms with van der Waals surface area (Å²) in [5.41, 5.74) is 2.48. The molecule has 48 heavy (non-hydrogen) atoms. The molecule has 3 aromatic carbocycles. The fourth-order valence-corrected chi connectivity index (χ4v) is 5.24. The lowest BCUT2D eigenvalue weighted by molar-refractivity contribution is -0.129. The SMILES string of the molecule is CC.CCCCC(=O)Nc1cc(NC(=O)OC)ccc1-c1cc(F)cc(CC(=O)N(C)CCCC2OC(=O)Nc3ccc(Cl)c(F)c32)c1. The number of fused-ring (bicyclic) bond motifs is 1. The van der Waals surface area contributed by atoms with Crippen molar-refractivity contribution in [3.63, 3.8) is 0 Å². The average Bonchev–Trinajstić information content (AvgIpc) is 3.06. The van der Waals surface area contributed by atoms with E-state index in [1.807, 2.05) is 20.8 Å². The third-order valence-electron chi connectivity index (χ3n) is 7.43. The fraction of sp³-hybridized carbons (Fsp3) is 0.371. The Morgan fingerprint density at radius 3 is 2.50 bits per heavy atom. The number of halogens is 3. The molecule has 1 aliphatic rings. The van der Waals surface area contributed by atoms with Crippen LogP contribution in [0.2, 0.25) is 5.02 Å². The van der Waals surface area contributed by atoms with Crippen LogP contribution in [0.15, 0.2) is 48.5 Å². The van der Waals surface area contributed by atoms with Gasteiger partial charge in [0, 0.05) is 31.3 Å². The Labute approximate surface area is 284 Å². The molecule has 4 amide bonds. The second kappa shape index (κ2) is 18.0. The Bertz CT molecular complexity index is 1640. The number of amides is 4. The molecular weight excluding hydrogens is 646 g/mol. The molecule has 0 saturated heterocycles. The molecular formula is C35H41ClF2N4O6. The second-order valence-corrected chi connectivity index (χ2v) is 11.3. The van der Waals surface area contributed by atoms with Gasteiger partial charge in [0.2, 0.25) is 11.8 Å². The molecule has 1 heterocycles. The van der Waals surface area contributed by atoms with Crippen molar-refractivity contribution in [2.75, 3.05) is 36.7 Å². The van der Waals surface area contributed by atoms with E-state index < -0.39 is 29.9 Å². The first kappa shape index (κ1) is 37.7. The van der Waals surface area contributed by atoms with Crippen LogP contribution in [0.4, 0.5) is 35.4 Å². The molecule has 0 aliphatic carbocycles. The highest BCUT2D eigenvalue weighted by atomic mass is 35.5. The number of unbranched alkanes of at least 4 members (excludes halogenated alkanes) is 1. The summed E-state index contributed by atoms with van der Waals surface area (Å²) >= 11 is 5.93. The number of rotatable bonds is 12. The van der Waals surface area contributed by atoms with E-state index in [9.17, 15) is 28.0 Å². The maximum Gasteiger partial charge on any atom is 0.412 e. The van der Waals surface area contributed by atoms with Crippen LogP contribution in [0.25, 0.3) is 11.1 Å². The Morgan fingerprint density at radius 2 is 1.79 bits per heavy atom. The number of ether oxygens (including phenoxy) is 2. The molecule has 0 saturated carbocycles. The van der Waals surface area contributed by atoms with Crippen molar-refractivity contribution in [2.24, 2.45) is 0 Å². The van der Waals surface area contributed by atoms with Crippen molar-refractivity contribution in [2.45, 2.75) is 65.4 Å². The molecule has 3 N–H and O–H groups in total. The van der Waals surface area contributed by atoms with Crippen LogP contribution in [-0.2, 0) is 25.5 Å². The molecule has 10 nitrogen and oxygen atoms in total. The lowest BCUT2D eigenvalue weighted by Gasteiger charge is -2.27. The molecule has 0 fully saturated rings. The van der Waals surface area contributed by atoms with Crippen LogP contribution < -0.4 is 16.0 Å². The van der Waals surface area contributed by atoms with Gasteiger partial charge in [-0.3, -0.25) is 20.2 Å². The molecule has 0 aromatic heterocycles. The minimum absolute atomic E-state index is 0.0925. The van der Waals surface area contributed by atoms with Gasteiger partial charge in [-0.15, -0.1) is 0 Å². The summed E-state index contributed by atoms with van der Waals surface area (Å²) in [6, 6.07) is 11.9. The molecule has 0 radical (unpaired) electrons. The zero-order valence-electron chi connectivity index (χ0n) is 27.7. The summed E-state index contributed by atoms with van der Waals surface area (Å²) in [6.07, 6.45) is 0.0393. The van der Waals surface area contributed by atoms with Crippen molar-refractivity contribution in [1.82, 2.24) is 4.90 Å². The Hall–Kier alpha value is -4.71. The van der Waals surface area contributed by atoms with Gasteiger partial charge in [-0.1, -0.05) is 50.9 Å². The van der Waals surface area contributed by atoms with E-state index in [4.69, 9.17) is 16.3 Å². The molecule has 1 atom stereocenters. The number of hydrogen-bond donors (Lipinski definition) is 3. The van der Waals surface area contributed by atoms with Gasteiger partial charge in [0.15, 0.2) is 5.82 Å². The molecule has 0 bridgehead atoms. The Balaban J connectivity index is 0.00000307. The third kappa shape index (κ3) is 10.1. The van der Waals surface area contributed by atoms with Gasteiger partial charge in [-0.2, -0.15) is 0 Å². The maximum atomic E-state index is 14.9. The highest BCUT2D eigenvalue weighted by molar-refractivity contribution is 6.31. The monoisotopic (exact) mass is 686 g/mol. The first-order valence-corrected chi connectivity index (χ1v) is 16.1. The van der Waals surface area contributed by atoms with Crippen LogP contribution in [0, 0.1) is 11.6 Å². The number of carbonyl (C=O) groups is 4. The zero-order valence-corrected chi connectivity index (χ0v) is 28.4. The number of likely N-dealkylation sites (N-methyl/N-ethyl adjacent to an activating group) is 1. The molecule has 1 unspecified atom stereocenters. The van der Waals surface area contributed by atoms with Gasteiger partial charge in [0.25, 0.3) is 0 Å². The zero-order chi connectivity index (χ0) is 35.4. The second-order valence-electron chi connectivity index (χ2n) is 10.9. The first-order valence-electron chi connectivity index (χ1n) is 15.8. The van der Waals surface area contributed by atoms with Crippen molar-refractivity contribution < 1.29 is 37.4 Å². The third-order valence-corrected chi connectivity index (χ3v) is 7.72. The standard InChI is InChI=1S/C33H35ClF2N4O6.C2H6/c1-4-5-8-28(41)38-26-18-22(37-32(43)45-3)9-10-23(26)20-14-19(15-21(35)17-20)16-29(42)40(2)13-6-7-27-30-25(39-33(44)46-27)12-11-24(34)31(30)36;1-2/h9-12,14-15,17-18,27H,4-8,13,16H2,1-3H3,(H,37,43)(H,38,41)(H,39,44);1-2H3. The van der Waals surface area contributed by atoms with Crippen molar-refractivity contribution in [3.05, 3.63) is 76.3 Å². The van der Waals surface area contributed by atoms with Crippen LogP contribution in [-0.4, -0.2) is 49.6 Å². The summed E-state index contributed by atoms with van der Waals surface area (Å²) in [6.45, 7) is 6.23. The molecule has 0 spiro atoms. The van der Waals surface area contributed by atoms with Gasteiger partial charge in [0.05, 0.1) is 35.5 Å². The van der Waals surface area contributed by atoms with Crippen LogP contribution >= 0.6 is 11.6 Å². The van der Waals surface area contributed by atoms with E-state index in [1.165, 1.54) is 36.3 Å². The number of carbonyl (C=O) groups excluding carboxylic acids is 4. The van der Waals surface area contributed by atoms with Crippen molar-refractivity contribution >= 4 is 52.7 Å². The van der Waals surface area contributed by atoms with E-state index in [2.05, 4.69) is 20.7 Å². The van der Waals surface area contributed by atoms with E-state index in [0.29, 0.717) is 40.9 Å². The van der Waals surface area contributed by atoms with Gasteiger partial charge < -0.3 is 19.7 Å². The quantitative estimate of drug-likeness (QED) is 0.175. The van der Waals surface area contributed by atoms with Crippen LogP contribution in [0.3, 0.4) is 0 Å². The number of benzene rings is 3. The minimum Gasteiger partial charge on any atom is -0.453 e. The number of methoxy groups -OCH3 is 1. The Kier molecular flexibility index (Phi) is 14.2. The normalized spacial score (nSPS) is 13.2. The predicted molar refractivity (Wildman–Crippen MR) is 182 cm³/mol. The van der Waals surface area contributed by atoms with E-state index >= 15 is 0 Å². The van der Waals surface area contributed by atoms with E-state index in [1.54, 1.807) is 31.3 Å². The summed E-state index contributed by atoms with van der Waals surface area (Å²) < 4.78 is 39.5. The number of cyclic esters (lactones) is 1. The van der Waals surface area contributed by atoms with Gasteiger partial charge in [-0.25, -0.2) is 18.4 Å². The molecule has 13 heteroatoms. The summed E-state index contributed by atoms with van der Waals surface area (Å²) in [7, 11) is 2.82. The molecule has 3 aromatic rings. The highest BCUT2D eigenvalue weighted by Crippen LogP contribution is 2.38. The van der Waals surface area contributed by atoms with Gasteiger partial charge in [-0.05, 0) is 66.8 Å². The molecule has 1 aliphatic heterocycles. The van der Waals surface area contributed by atoms with Crippen LogP contribution in [0.1, 0.15) is 70.1 Å². The van der Waals surface area contributed by atoms with E-state index in [-0.39, 0.29) is 53.9 Å². The van der Waals surface area contributed by atoms with Gasteiger partial charge >= 0.3 is 12.2 Å². The topological polar surface area (TPSA) is 126 Å². The van der Waals surface area contributed by atoms with E-state index in [0.717, 1.165) is 6.42 Å². The average molecular weight is 687 g/mol. The van der Waals surface area contributed by atoms with Gasteiger partial charge in [0.1, 0.15) is 11.9 Å². The highest BCUT2D eigenvalue weighted by Gasteiger charge is 2.30. The van der Waals surface area contributed by atoms with Crippen molar-refractivity contribution in [1.29, 1.82) is 0 Å². The number of anilines is 3. The lowest BCUT2D eigenvalue weighted by Crippen LogP contribution is -2.30. The first-order chi connectivity index (χ1) is 23.0. The Morgan fingerprint density at radius 1 is 1.04 bits per heavy atom. The van der Waals surface area contributed by atoms with Crippen molar-refractivity contribution in [3.8, 4) is 11.1 Å². The van der Waals surface area contributed by atoms with Crippen LogP contribution in [0.5, 0.6) is 0 Å². The number of hydrogen-bond acceptors (Lipinski definition) is 6. The predicted octanol–water partition coefficient (Wildman–Crippen LogP) is 8.70. The minimum atomic E-state index is -0.873. The molecule has 258 valence electrons. The summed E-state index contributed by atoms with van der Waals surface area (Å²) in [5.74, 6) is -1.77. The fourth-order valence-electron chi connectivity index (χ4n) is 5.07. The lowest BCUT2D eigenvalue weighted by atomic mass is 9.98. The molecule has 4 rings (SSSR count). The summed E-state index contributed by atoms with van der Waals surface area (Å²) in [5, 5.41) is 7.76. The summed E-state index contributed by atoms with van der Waals surface area (Å²) in [4.78, 5) is 50.9. The smallest absolute Gasteiger partial charge is 0.412 e. The number of nitrogens with one attached hydrogen (secondary N) is 3. The number of nitrogens with zero attached hydrogens (tertiary/aromatic N) is 1. The maximum absolute atomic E-state index is 14.9. The largest absolute Gasteiger partial charge is 0.453 e.